The summed E-state index contributed by atoms with van der Waals surface area (Å²) in [5.74, 6) is 1.56. The van der Waals surface area contributed by atoms with Crippen molar-refractivity contribution in [3.05, 3.63) is 40.9 Å². The van der Waals surface area contributed by atoms with E-state index < -0.39 is 0 Å². The third-order valence-electron chi connectivity index (χ3n) is 4.39. The van der Waals surface area contributed by atoms with Crippen molar-refractivity contribution in [2.24, 2.45) is 11.8 Å². The molecular formula is C16H18ClNO. The van der Waals surface area contributed by atoms with Gasteiger partial charge in [-0.1, -0.05) is 36.2 Å². The number of fused-ring (bicyclic) bond motifs is 2. The second kappa shape index (κ2) is 5.38. The van der Waals surface area contributed by atoms with E-state index in [-0.39, 0.29) is 5.91 Å². The van der Waals surface area contributed by atoms with Gasteiger partial charge in [0.25, 0.3) is 0 Å². The van der Waals surface area contributed by atoms with Gasteiger partial charge in [0.15, 0.2) is 0 Å². The molecule has 0 unspecified atom stereocenters. The average molecular weight is 276 g/mol. The first kappa shape index (κ1) is 12.7. The molecular weight excluding hydrogens is 258 g/mol. The number of hydrogen-bond acceptors (Lipinski definition) is 1. The summed E-state index contributed by atoms with van der Waals surface area (Å²) in [6.07, 6.45) is 8.48. The van der Waals surface area contributed by atoms with E-state index in [9.17, 15) is 4.79 Å². The number of rotatable bonds is 3. The molecule has 2 bridgehead atoms. The van der Waals surface area contributed by atoms with Crippen LogP contribution in [0.1, 0.15) is 31.2 Å². The molecule has 0 heterocycles. The fraction of sp³-hybridized carbons (Fsp3) is 0.438. The highest BCUT2D eigenvalue weighted by molar-refractivity contribution is 6.32. The van der Waals surface area contributed by atoms with E-state index in [1.807, 2.05) is 24.3 Å². The number of nitrogens with one attached hydrogen (secondary N) is 1. The minimum Gasteiger partial charge on any atom is -0.350 e. The third-order valence-corrected chi connectivity index (χ3v) is 4.73. The van der Waals surface area contributed by atoms with Gasteiger partial charge in [0.2, 0.25) is 5.91 Å². The predicted molar refractivity (Wildman–Crippen MR) is 77.9 cm³/mol. The lowest BCUT2D eigenvalue weighted by molar-refractivity contribution is -0.117. The Morgan fingerprint density at radius 2 is 2.11 bits per heavy atom. The van der Waals surface area contributed by atoms with Crippen molar-refractivity contribution in [2.45, 2.75) is 31.7 Å². The van der Waals surface area contributed by atoms with E-state index in [0.29, 0.717) is 17.0 Å². The van der Waals surface area contributed by atoms with E-state index in [1.165, 1.54) is 19.3 Å². The summed E-state index contributed by atoms with van der Waals surface area (Å²) in [5, 5.41) is 3.80. The fourth-order valence-electron chi connectivity index (χ4n) is 3.43. The zero-order chi connectivity index (χ0) is 13.2. The molecule has 0 radical (unpaired) electrons. The average Bonchev–Trinajstić information content (AvgIpc) is 3.00. The monoisotopic (exact) mass is 275 g/mol. The van der Waals surface area contributed by atoms with Crippen molar-refractivity contribution in [3.8, 4) is 0 Å². The van der Waals surface area contributed by atoms with Gasteiger partial charge in [-0.15, -0.1) is 0 Å². The van der Waals surface area contributed by atoms with E-state index in [4.69, 9.17) is 11.6 Å². The van der Waals surface area contributed by atoms with Crippen LogP contribution in [-0.4, -0.2) is 11.9 Å². The van der Waals surface area contributed by atoms with Crippen molar-refractivity contribution >= 4 is 23.6 Å². The standard InChI is InChI=1S/C16H18ClNO/c17-14-4-2-1-3-12(14)7-8-16(19)18-15-10-11-5-6-13(15)9-11/h1-4,7-8,11,13,15H,5-6,9-10H2,(H,18,19)/b8-7+/t11-,13-,15+/m0/s1. The Kier molecular flexibility index (Phi) is 3.61. The normalized spacial score (nSPS) is 29.0. The molecule has 1 amide bonds. The van der Waals surface area contributed by atoms with E-state index in [0.717, 1.165) is 17.9 Å². The summed E-state index contributed by atoms with van der Waals surface area (Å²) in [7, 11) is 0. The largest absolute Gasteiger partial charge is 0.350 e. The Morgan fingerprint density at radius 1 is 1.26 bits per heavy atom. The molecule has 0 aromatic heterocycles. The molecule has 2 nitrogen and oxygen atoms in total. The molecule has 0 saturated heterocycles. The van der Waals surface area contributed by atoms with Gasteiger partial charge in [0.1, 0.15) is 0 Å². The summed E-state index contributed by atoms with van der Waals surface area (Å²) >= 11 is 6.05. The topological polar surface area (TPSA) is 29.1 Å². The zero-order valence-corrected chi connectivity index (χ0v) is 11.6. The van der Waals surface area contributed by atoms with Gasteiger partial charge in [0, 0.05) is 17.1 Å². The Labute approximate surface area is 118 Å². The fourth-order valence-corrected chi connectivity index (χ4v) is 3.63. The summed E-state index contributed by atoms with van der Waals surface area (Å²) in [6, 6.07) is 7.93. The van der Waals surface area contributed by atoms with Crippen LogP contribution in [0.5, 0.6) is 0 Å². The molecule has 1 aromatic carbocycles. The van der Waals surface area contributed by atoms with Gasteiger partial charge in [0.05, 0.1) is 0 Å². The molecule has 1 aromatic rings. The quantitative estimate of drug-likeness (QED) is 0.838. The molecule has 2 aliphatic carbocycles. The van der Waals surface area contributed by atoms with Gasteiger partial charge in [-0.2, -0.15) is 0 Å². The Bertz CT molecular complexity index is 511. The second-order valence-electron chi connectivity index (χ2n) is 5.64. The smallest absolute Gasteiger partial charge is 0.244 e. The molecule has 2 fully saturated rings. The molecule has 3 atom stereocenters. The zero-order valence-electron chi connectivity index (χ0n) is 10.8. The van der Waals surface area contributed by atoms with E-state index >= 15 is 0 Å². The summed E-state index contributed by atoms with van der Waals surface area (Å²) in [5.41, 5.74) is 0.882. The van der Waals surface area contributed by atoms with E-state index in [1.54, 1.807) is 12.2 Å². The highest BCUT2D eigenvalue weighted by Crippen LogP contribution is 2.44. The van der Waals surface area contributed by atoms with Crippen LogP contribution in [0.15, 0.2) is 30.3 Å². The Hall–Kier alpha value is -1.28. The summed E-state index contributed by atoms with van der Waals surface area (Å²) in [4.78, 5) is 11.9. The molecule has 3 heteroatoms. The minimum atomic E-state index is -0.00234. The Balaban J connectivity index is 1.58. The highest BCUT2D eigenvalue weighted by atomic mass is 35.5. The van der Waals surface area contributed by atoms with Gasteiger partial charge >= 0.3 is 0 Å². The first-order valence-electron chi connectivity index (χ1n) is 6.95. The van der Waals surface area contributed by atoms with Crippen molar-refractivity contribution in [2.75, 3.05) is 0 Å². The number of carbonyl (C=O) groups excluding carboxylic acids is 1. The van der Waals surface area contributed by atoms with Crippen LogP contribution < -0.4 is 5.32 Å². The summed E-state index contributed by atoms with van der Waals surface area (Å²) in [6.45, 7) is 0. The third kappa shape index (κ3) is 2.84. The molecule has 19 heavy (non-hydrogen) atoms. The van der Waals surface area contributed by atoms with Gasteiger partial charge < -0.3 is 5.32 Å². The highest BCUT2D eigenvalue weighted by Gasteiger charge is 2.39. The molecule has 2 saturated carbocycles. The number of amides is 1. The van der Waals surface area contributed by atoms with Crippen molar-refractivity contribution in [3.63, 3.8) is 0 Å². The molecule has 0 aliphatic heterocycles. The van der Waals surface area contributed by atoms with Crippen LogP contribution in [-0.2, 0) is 4.79 Å². The Morgan fingerprint density at radius 3 is 2.79 bits per heavy atom. The van der Waals surface area contributed by atoms with Crippen molar-refractivity contribution in [1.29, 1.82) is 0 Å². The lowest BCUT2D eigenvalue weighted by Gasteiger charge is -2.22. The molecule has 3 rings (SSSR count). The number of halogens is 1. The maximum absolute atomic E-state index is 11.9. The molecule has 1 N–H and O–H groups in total. The maximum atomic E-state index is 11.9. The van der Waals surface area contributed by atoms with Crippen LogP contribution in [0.3, 0.4) is 0 Å². The lowest BCUT2D eigenvalue weighted by atomic mass is 9.95. The van der Waals surface area contributed by atoms with Crippen LogP contribution in [0, 0.1) is 11.8 Å². The van der Waals surface area contributed by atoms with Crippen LogP contribution in [0.25, 0.3) is 6.08 Å². The predicted octanol–water partition coefficient (Wildman–Crippen LogP) is 3.66. The van der Waals surface area contributed by atoms with Crippen LogP contribution >= 0.6 is 11.6 Å². The second-order valence-corrected chi connectivity index (χ2v) is 6.05. The van der Waals surface area contributed by atoms with Gasteiger partial charge in [-0.3, -0.25) is 4.79 Å². The molecule has 2 aliphatic rings. The SMILES string of the molecule is O=C(/C=C/c1ccccc1Cl)N[C@@H]1C[C@H]2CC[C@H]1C2. The van der Waals surface area contributed by atoms with Crippen molar-refractivity contribution in [1.82, 2.24) is 5.32 Å². The van der Waals surface area contributed by atoms with Crippen LogP contribution in [0.2, 0.25) is 5.02 Å². The lowest BCUT2D eigenvalue weighted by Crippen LogP contribution is -2.37. The maximum Gasteiger partial charge on any atom is 0.244 e. The summed E-state index contributed by atoms with van der Waals surface area (Å²) < 4.78 is 0. The van der Waals surface area contributed by atoms with Crippen molar-refractivity contribution < 1.29 is 4.79 Å². The molecule has 100 valence electrons. The number of hydrogen-bond donors (Lipinski definition) is 1. The number of benzene rings is 1. The first-order valence-corrected chi connectivity index (χ1v) is 7.33. The van der Waals surface area contributed by atoms with Gasteiger partial charge in [-0.25, -0.2) is 0 Å². The van der Waals surface area contributed by atoms with Crippen LogP contribution in [0.4, 0.5) is 0 Å². The first-order chi connectivity index (χ1) is 9.22. The number of carbonyl (C=O) groups is 1. The van der Waals surface area contributed by atoms with E-state index in [2.05, 4.69) is 5.32 Å². The minimum absolute atomic E-state index is 0.00234. The van der Waals surface area contributed by atoms with Gasteiger partial charge in [-0.05, 0) is 48.8 Å². The molecule has 0 spiro atoms.